The normalized spacial score (nSPS) is 9.50. The second-order valence-corrected chi connectivity index (χ2v) is 2.84. The molecular weight excluding hydrogens is 198 g/mol. The molecule has 0 saturated heterocycles. The third-order valence-corrected chi connectivity index (χ3v) is 2.00. The zero-order valence-electron chi connectivity index (χ0n) is 7.60. The molecule has 0 spiro atoms. The summed E-state index contributed by atoms with van der Waals surface area (Å²) in [5.74, 6) is 0. The quantitative estimate of drug-likeness (QED) is 0.795. The van der Waals surface area contributed by atoms with Crippen molar-refractivity contribution in [2.45, 2.75) is 6.54 Å². The summed E-state index contributed by atoms with van der Waals surface area (Å²) in [6.45, 7) is 0.515. The van der Waals surface area contributed by atoms with E-state index < -0.39 is 0 Å². The summed E-state index contributed by atoms with van der Waals surface area (Å²) in [7, 11) is 0. The van der Waals surface area contributed by atoms with Gasteiger partial charge in [0, 0.05) is 12.1 Å². The Balaban J connectivity index is 0.000000980. The first-order chi connectivity index (χ1) is 6.42. The predicted molar refractivity (Wildman–Crippen MR) is 59.2 cm³/mol. The summed E-state index contributed by atoms with van der Waals surface area (Å²) in [5.41, 5.74) is 8.76. The third kappa shape index (κ3) is 1.95. The summed E-state index contributed by atoms with van der Waals surface area (Å²) in [6, 6.07) is 10.0. The number of nitrogens with two attached hydrogens (primary N) is 1. The second kappa shape index (κ2) is 4.79. The topological polar surface area (TPSA) is 54.7 Å². The van der Waals surface area contributed by atoms with E-state index in [2.05, 4.69) is 10.2 Å². The Morgan fingerprint density at radius 3 is 2.57 bits per heavy atom. The highest BCUT2D eigenvalue weighted by Crippen LogP contribution is 2.19. The fraction of sp³-hybridized carbons (Fsp3) is 0.100. The van der Waals surface area contributed by atoms with E-state index in [9.17, 15) is 0 Å². The lowest BCUT2D eigenvalue weighted by Gasteiger charge is -1.99. The summed E-state index contributed by atoms with van der Waals surface area (Å²) in [4.78, 5) is 0. The molecule has 1 aromatic carbocycles. The lowest BCUT2D eigenvalue weighted by molar-refractivity contribution is 1.08. The summed E-state index contributed by atoms with van der Waals surface area (Å²) in [6.07, 6.45) is 1.77. The van der Waals surface area contributed by atoms with Crippen molar-refractivity contribution in [2.24, 2.45) is 5.73 Å². The van der Waals surface area contributed by atoms with Crippen molar-refractivity contribution < 1.29 is 0 Å². The highest BCUT2D eigenvalue weighted by atomic mass is 35.5. The second-order valence-electron chi connectivity index (χ2n) is 2.84. The molecular formula is C10H12ClN3. The largest absolute Gasteiger partial charge is 0.326 e. The van der Waals surface area contributed by atoms with Crippen LogP contribution in [0.15, 0.2) is 36.5 Å². The van der Waals surface area contributed by atoms with Gasteiger partial charge >= 0.3 is 0 Å². The molecule has 3 nitrogen and oxygen atoms in total. The predicted octanol–water partition coefficient (Wildman–Crippen LogP) is 1.96. The van der Waals surface area contributed by atoms with Gasteiger partial charge in [0.1, 0.15) is 0 Å². The van der Waals surface area contributed by atoms with Crippen LogP contribution >= 0.6 is 12.4 Å². The van der Waals surface area contributed by atoms with Gasteiger partial charge in [0.05, 0.1) is 11.9 Å². The van der Waals surface area contributed by atoms with Gasteiger partial charge in [-0.3, -0.25) is 5.10 Å². The highest BCUT2D eigenvalue weighted by Gasteiger charge is 2.04. The number of hydrogen-bond acceptors (Lipinski definition) is 2. The minimum absolute atomic E-state index is 0. The standard InChI is InChI=1S/C10H11N3.ClH/c11-6-9-7-12-13-10(9)8-4-2-1-3-5-8;/h1-5,7H,6,11H2,(H,12,13);1H. The summed E-state index contributed by atoms with van der Waals surface area (Å²) >= 11 is 0. The molecule has 1 aromatic heterocycles. The lowest BCUT2D eigenvalue weighted by Crippen LogP contribution is -1.96. The Kier molecular flexibility index (Phi) is 3.68. The fourth-order valence-corrected chi connectivity index (χ4v) is 1.32. The Hall–Kier alpha value is -1.32. The molecule has 4 heteroatoms. The number of aromatic amines is 1. The van der Waals surface area contributed by atoms with E-state index in [1.165, 1.54) is 0 Å². The van der Waals surface area contributed by atoms with Crippen LogP contribution in [0.1, 0.15) is 5.56 Å². The van der Waals surface area contributed by atoms with Crippen molar-refractivity contribution >= 4 is 12.4 Å². The van der Waals surface area contributed by atoms with Crippen molar-refractivity contribution in [1.29, 1.82) is 0 Å². The maximum absolute atomic E-state index is 5.57. The van der Waals surface area contributed by atoms with Crippen molar-refractivity contribution in [2.75, 3.05) is 0 Å². The molecule has 2 aromatic rings. The average Bonchev–Trinajstić information content (AvgIpc) is 2.67. The Morgan fingerprint density at radius 1 is 1.21 bits per heavy atom. The van der Waals surface area contributed by atoms with E-state index in [4.69, 9.17) is 5.73 Å². The molecule has 0 aliphatic rings. The molecule has 0 amide bonds. The number of benzene rings is 1. The number of rotatable bonds is 2. The molecule has 0 aliphatic heterocycles. The maximum Gasteiger partial charge on any atom is 0.0695 e. The van der Waals surface area contributed by atoms with Gasteiger partial charge in [-0.15, -0.1) is 12.4 Å². The Labute approximate surface area is 88.7 Å². The SMILES string of the molecule is Cl.NCc1cn[nH]c1-c1ccccc1. The molecule has 0 unspecified atom stereocenters. The van der Waals surface area contributed by atoms with Gasteiger partial charge in [-0.25, -0.2) is 0 Å². The smallest absolute Gasteiger partial charge is 0.0695 e. The molecule has 0 saturated carbocycles. The Bertz CT molecular complexity index is 383. The summed E-state index contributed by atoms with van der Waals surface area (Å²) < 4.78 is 0. The van der Waals surface area contributed by atoms with Gasteiger partial charge in [-0.2, -0.15) is 5.10 Å². The summed E-state index contributed by atoms with van der Waals surface area (Å²) in [5, 5.41) is 6.91. The minimum Gasteiger partial charge on any atom is -0.326 e. The zero-order valence-corrected chi connectivity index (χ0v) is 8.42. The molecule has 0 radical (unpaired) electrons. The molecule has 0 bridgehead atoms. The first kappa shape index (κ1) is 10.8. The highest BCUT2D eigenvalue weighted by molar-refractivity contribution is 5.85. The van der Waals surface area contributed by atoms with Crippen LogP contribution in [0.25, 0.3) is 11.3 Å². The van der Waals surface area contributed by atoms with Crippen molar-refractivity contribution in [3.05, 3.63) is 42.1 Å². The fourth-order valence-electron chi connectivity index (χ4n) is 1.32. The first-order valence-corrected chi connectivity index (χ1v) is 4.19. The molecule has 74 valence electrons. The van der Waals surface area contributed by atoms with Crippen molar-refractivity contribution in [3.8, 4) is 11.3 Å². The Morgan fingerprint density at radius 2 is 1.93 bits per heavy atom. The van der Waals surface area contributed by atoms with Crippen LogP contribution < -0.4 is 5.73 Å². The first-order valence-electron chi connectivity index (χ1n) is 4.19. The number of nitrogens with zero attached hydrogens (tertiary/aromatic N) is 1. The molecule has 1 heterocycles. The van der Waals surface area contributed by atoms with Crippen molar-refractivity contribution in [1.82, 2.24) is 10.2 Å². The third-order valence-electron chi connectivity index (χ3n) is 2.00. The maximum atomic E-state index is 5.57. The van der Waals surface area contributed by atoms with Crippen LogP contribution in [0.4, 0.5) is 0 Å². The lowest BCUT2D eigenvalue weighted by atomic mass is 10.1. The molecule has 0 atom stereocenters. The van der Waals surface area contributed by atoms with E-state index in [1.807, 2.05) is 30.3 Å². The average molecular weight is 210 g/mol. The number of nitrogens with one attached hydrogen (secondary N) is 1. The number of H-pyrrole nitrogens is 1. The molecule has 0 aliphatic carbocycles. The van der Waals surface area contributed by atoms with Crippen LogP contribution in [0, 0.1) is 0 Å². The van der Waals surface area contributed by atoms with E-state index in [-0.39, 0.29) is 12.4 Å². The number of hydrogen-bond donors (Lipinski definition) is 2. The van der Waals surface area contributed by atoms with E-state index in [0.29, 0.717) is 6.54 Å². The van der Waals surface area contributed by atoms with Gasteiger partial charge in [0.25, 0.3) is 0 Å². The van der Waals surface area contributed by atoms with Gasteiger partial charge in [-0.1, -0.05) is 30.3 Å². The van der Waals surface area contributed by atoms with Crippen LogP contribution in [-0.2, 0) is 6.54 Å². The van der Waals surface area contributed by atoms with Crippen LogP contribution in [-0.4, -0.2) is 10.2 Å². The van der Waals surface area contributed by atoms with Crippen LogP contribution in [0.2, 0.25) is 0 Å². The van der Waals surface area contributed by atoms with E-state index in [0.717, 1.165) is 16.8 Å². The van der Waals surface area contributed by atoms with Gasteiger partial charge in [-0.05, 0) is 5.56 Å². The van der Waals surface area contributed by atoms with Gasteiger partial charge < -0.3 is 5.73 Å². The number of halogens is 1. The van der Waals surface area contributed by atoms with Crippen LogP contribution in [0.3, 0.4) is 0 Å². The molecule has 14 heavy (non-hydrogen) atoms. The zero-order chi connectivity index (χ0) is 9.10. The van der Waals surface area contributed by atoms with Gasteiger partial charge in [0.15, 0.2) is 0 Å². The van der Waals surface area contributed by atoms with Crippen LogP contribution in [0.5, 0.6) is 0 Å². The molecule has 2 rings (SSSR count). The van der Waals surface area contributed by atoms with Crippen molar-refractivity contribution in [3.63, 3.8) is 0 Å². The van der Waals surface area contributed by atoms with E-state index >= 15 is 0 Å². The molecule has 3 N–H and O–H groups in total. The van der Waals surface area contributed by atoms with Gasteiger partial charge in [0.2, 0.25) is 0 Å². The monoisotopic (exact) mass is 209 g/mol. The number of aromatic nitrogens is 2. The minimum atomic E-state index is 0. The van der Waals surface area contributed by atoms with E-state index in [1.54, 1.807) is 6.20 Å². The molecule has 0 fully saturated rings.